The first-order valence-corrected chi connectivity index (χ1v) is 10.2. The Balaban J connectivity index is 1.66. The molecule has 0 unspecified atom stereocenters. The third-order valence-electron chi connectivity index (χ3n) is 4.58. The zero-order chi connectivity index (χ0) is 19.0. The molecule has 8 heteroatoms. The van der Waals surface area contributed by atoms with Gasteiger partial charge in [-0.15, -0.1) is 0 Å². The highest BCUT2D eigenvalue weighted by molar-refractivity contribution is 7.89. The van der Waals surface area contributed by atoms with Gasteiger partial charge in [-0.1, -0.05) is 35.9 Å². The van der Waals surface area contributed by atoms with E-state index in [0.717, 1.165) is 16.7 Å². The molecular weight excluding hydrogens is 384 g/mol. The van der Waals surface area contributed by atoms with Crippen LogP contribution in [0.4, 0.5) is 5.95 Å². The molecule has 0 bridgehead atoms. The second-order valence-corrected chi connectivity index (χ2v) is 8.70. The molecule has 2 aromatic carbocycles. The molecule has 1 aromatic heterocycles. The number of nitrogen functional groups attached to an aromatic ring is 1. The molecule has 6 nitrogen and oxygen atoms in total. The number of hydrogen-bond donors (Lipinski definition) is 1. The summed E-state index contributed by atoms with van der Waals surface area (Å²) in [5.41, 5.74) is 8.96. The Labute approximate surface area is 162 Å². The van der Waals surface area contributed by atoms with Gasteiger partial charge < -0.3 is 5.73 Å². The number of benzene rings is 2. The van der Waals surface area contributed by atoms with Crippen LogP contribution in [0.5, 0.6) is 0 Å². The summed E-state index contributed by atoms with van der Waals surface area (Å²) >= 11 is 5.94. The SMILES string of the molecule is Nc1ncc2c(n1)CN(S(=O)(=O)c1cccc(-c3ccc(Cl)cc3)c1)CC2. The van der Waals surface area contributed by atoms with Crippen LogP contribution in [0.25, 0.3) is 11.1 Å². The monoisotopic (exact) mass is 400 g/mol. The van der Waals surface area contributed by atoms with Crippen LogP contribution in [0.15, 0.2) is 59.6 Å². The minimum Gasteiger partial charge on any atom is -0.368 e. The Kier molecular flexibility index (Phi) is 4.59. The number of nitrogens with zero attached hydrogens (tertiary/aromatic N) is 3. The lowest BCUT2D eigenvalue weighted by atomic mass is 10.1. The van der Waals surface area contributed by atoms with Gasteiger partial charge in [0.15, 0.2) is 0 Å². The zero-order valence-electron chi connectivity index (χ0n) is 14.3. The van der Waals surface area contributed by atoms with E-state index in [1.54, 1.807) is 36.5 Å². The minimum absolute atomic E-state index is 0.151. The Morgan fingerprint density at radius 3 is 2.63 bits per heavy atom. The van der Waals surface area contributed by atoms with Crippen molar-refractivity contribution in [1.29, 1.82) is 0 Å². The molecule has 0 saturated heterocycles. The predicted molar refractivity (Wildman–Crippen MR) is 105 cm³/mol. The summed E-state index contributed by atoms with van der Waals surface area (Å²) in [6.45, 7) is 0.573. The maximum atomic E-state index is 13.1. The van der Waals surface area contributed by atoms with Crippen LogP contribution in [-0.2, 0) is 23.0 Å². The van der Waals surface area contributed by atoms with Crippen molar-refractivity contribution in [2.24, 2.45) is 0 Å². The van der Waals surface area contributed by atoms with E-state index in [1.165, 1.54) is 4.31 Å². The van der Waals surface area contributed by atoms with Crippen LogP contribution in [-0.4, -0.2) is 29.2 Å². The summed E-state index contributed by atoms with van der Waals surface area (Å²) in [6, 6.07) is 14.2. The average molecular weight is 401 g/mol. The lowest BCUT2D eigenvalue weighted by Gasteiger charge is -2.27. The summed E-state index contributed by atoms with van der Waals surface area (Å²) in [7, 11) is -3.65. The van der Waals surface area contributed by atoms with Crippen LogP contribution >= 0.6 is 11.6 Å². The van der Waals surface area contributed by atoms with E-state index in [4.69, 9.17) is 17.3 Å². The molecule has 4 rings (SSSR count). The molecule has 3 aromatic rings. The fourth-order valence-electron chi connectivity index (χ4n) is 3.13. The highest BCUT2D eigenvalue weighted by Gasteiger charge is 2.29. The van der Waals surface area contributed by atoms with E-state index in [2.05, 4.69) is 9.97 Å². The Morgan fingerprint density at radius 2 is 1.85 bits per heavy atom. The molecule has 27 heavy (non-hydrogen) atoms. The van der Waals surface area contributed by atoms with E-state index in [0.29, 0.717) is 23.7 Å². The molecule has 2 heterocycles. The maximum absolute atomic E-state index is 13.1. The molecule has 0 saturated carbocycles. The van der Waals surface area contributed by atoms with Gasteiger partial charge in [0.05, 0.1) is 17.1 Å². The van der Waals surface area contributed by atoms with Crippen LogP contribution in [0.1, 0.15) is 11.3 Å². The minimum atomic E-state index is -3.65. The number of halogens is 1. The first kappa shape index (κ1) is 17.9. The summed E-state index contributed by atoms with van der Waals surface area (Å²) in [4.78, 5) is 8.42. The molecule has 1 aliphatic rings. The van der Waals surface area contributed by atoms with E-state index in [1.807, 2.05) is 18.2 Å². The highest BCUT2D eigenvalue weighted by atomic mass is 35.5. The number of anilines is 1. The number of aromatic nitrogens is 2. The molecule has 2 N–H and O–H groups in total. The van der Waals surface area contributed by atoms with Crippen molar-refractivity contribution in [2.75, 3.05) is 12.3 Å². The molecular formula is C19H17ClN4O2S. The fourth-order valence-corrected chi connectivity index (χ4v) is 4.70. The molecule has 0 aliphatic carbocycles. The number of hydrogen-bond acceptors (Lipinski definition) is 5. The summed E-state index contributed by atoms with van der Waals surface area (Å²) in [5, 5.41) is 0.635. The topological polar surface area (TPSA) is 89.2 Å². The van der Waals surface area contributed by atoms with Gasteiger partial charge in [0.2, 0.25) is 16.0 Å². The van der Waals surface area contributed by atoms with Crippen LogP contribution in [0, 0.1) is 0 Å². The Bertz CT molecular complexity index is 1100. The van der Waals surface area contributed by atoms with Crippen molar-refractivity contribution in [3.63, 3.8) is 0 Å². The second-order valence-electron chi connectivity index (χ2n) is 6.32. The van der Waals surface area contributed by atoms with Gasteiger partial charge in [0.1, 0.15) is 0 Å². The summed E-state index contributed by atoms with van der Waals surface area (Å²) in [6.07, 6.45) is 2.23. The zero-order valence-corrected chi connectivity index (χ0v) is 15.9. The molecule has 138 valence electrons. The highest BCUT2D eigenvalue weighted by Crippen LogP contribution is 2.28. The summed E-state index contributed by atoms with van der Waals surface area (Å²) in [5.74, 6) is 0.151. The van der Waals surface area contributed by atoms with E-state index < -0.39 is 10.0 Å². The van der Waals surface area contributed by atoms with Crippen molar-refractivity contribution >= 4 is 27.6 Å². The van der Waals surface area contributed by atoms with E-state index in [9.17, 15) is 8.42 Å². The lowest BCUT2D eigenvalue weighted by Crippen LogP contribution is -2.36. The van der Waals surface area contributed by atoms with Crippen molar-refractivity contribution < 1.29 is 8.42 Å². The fraction of sp³-hybridized carbons (Fsp3) is 0.158. The smallest absolute Gasteiger partial charge is 0.243 e. The predicted octanol–water partition coefficient (Wildman–Crippen LogP) is 3.13. The third kappa shape index (κ3) is 3.53. The molecule has 0 atom stereocenters. The van der Waals surface area contributed by atoms with Crippen molar-refractivity contribution in [3.05, 3.63) is 71.0 Å². The maximum Gasteiger partial charge on any atom is 0.243 e. The molecule has 0 fully saturated rings. The van der Waals surface area contributed by atoms with Gasteiger partial charge in [-0.3, -0.25) is 0 Å². The van der Waals surface area contributed by atoms with Crippen LogP contribution in [0.3, 0.4) is 0 Å². The van der Waals surface area contributed by atoms with Gasteiger partial charge in [-0.05, 0) is 47.4 Å². The quantitative estimate of drug-likeness (QED) is 0.729. The number of fused-ring (bicyclic) bond motifs is 1. The number of nitrogens with two attached hydrogens (primary N) is 1. The Hall–Kier alpha value is -2.48. The van der Waals surface area contributed by atoms with Crippen molar-refractivity contribution in [2.45, 2.75) is 17.9 Å². The third-order valence-corrected chi connectivity index (χ3v) is 6.67. The number of rotatable bonds is 3. The molecule has 0 amide bonds. The Morgan fingerprint density at radius 1 is 1.07 bits per heavy atom. The normalized spacial score (nSPS) is 14.7. The molecule has 0 spiro atoms. The van der Waals surface area contributed by atoms with Gasteiger partial charge in [0.25, 0.3) is 0 Å². The second kappa shape index (κ2) is 6.92. The van der Waals surface area contributed by atoms with Gasteiger partial charge in [0, 0.05) is 17.8 Å². The average Bonchev–Trinajstić information content (AvgIpc) is 2.68. The first-order chi connectivity index (χ1) is 12.9. The van der Waals surface area contributed by atoms with Gasteiger partial charge in [-0.2, -0.15) is 4.31 Å². The van der Waals surface area contributed by atoms with Gasteiger partial charge >= 0.3 is 0 Å². The molecule has 0 radical (unpaired) electrons. The van der Waals surface area contributed by atoms with Crippen LogP contribution in [0.2, 0.25) is 5.02 Å². The van der Waals surface area contributed by atoms with E-state index >= 15 is 0 Å². The lowest BCUT2D eigenvalue weighted by molar-refractivity contribution is 0.385. The van der Waals surface area contributed by atoms with Crippen molar-refractivity contribution in [3.8, 4) is 11.1 Å². The molecule has 1 aliphatic heterocycles. The van der Waals surface area contributed by atoms with Crippen molar-refractivity contribution in [1.82, 2.24) is 14.3 Å². The van der Waals surface area contributed by atoms with Crippen LogP contribution < -0.4 is 5.73 Å². The summed E-state index contributed by atoms with van der Waals surface area (Å²) < 4.78 is 27.7. The first-order valence-electron chi connectivity index (χ1n) is 8.40. The standard InChI is InChI=1S/C19H17ClN4O2S/c20-16-6-4-13(5-7-16)14-2-1-3-17(10-14)27(25,26)24-9-8-15-11-22-19(21)23-18(15)12-24/h1-7,10-11H,8-9,12H2,(H2,21,22,23). The van der Waals surface area contributed by atoms with E-state index in [-0.39, 0.29) is 17.4 Å². The van der Waals surface area contributed by atoms with Gasteiger partial charge in [-0.25, -0.2) is 18.4 Å². The largest absolute Gasteiger partial charge is 0.368 e. The number of sulfonamides is 1.